The summed E-state index contributed by atoms with van der Waals surface area (Å²) in [6.07, 6.45) is 10.8. The van der Waals surface area contributed by atoms with Gasteiger partial charge in [0.1, 0.15) is 5.78 Å². The molecule has 0 bridgehead atoms. The van der Waals surface area contributed by atoms with Gasteiger partial charge in [-0.15, -0.1) is 0 Å². The molecular formula is C16H29NO. The van der Waals surface area contributed by atoms with Crippen LogP contribution in [0.3, 0.4) is 0 Å². The Hall–Kier alpha value is -0.370. The lowest BCUT2D eigenvalue weighted by Crippen LogP contribution is -2.31. The van der Waals surface area contributed by atoms with Crippen LogP contribution >= 0.6 is 0 Å². The van der Waals surface area contributed by atoms with Crippen molar-refractivity contribution in [2.75, 3.05) is 13.1 Å². The summed E-state index contributed by atoms with van der Waals surface area (Å²) >= 11 is 0. The average Bonchev–Trinajstić information content (AvgIpc) is 2.45. The van der Waals surface area contributed by atoms with Gasteiger partial charge in [-0.1, -0.05) is 26.2 Å². The van der Waals surface area contributed by atoms with Crippen molar-refractivity contribution in [2.24, 2.45) is 17.8 Å². The van der Waals surface area contributed by atoms with Crippen molar-refractivity contribution in [1.82, 2.24) is 5.32 Å². The summed E-state index contributed by atoms with van der Waals surface area (Å²) in [7, 11) is 0. The van der Waals surface area contributed by atoms with Crippen molar-refractivity contribution < 1.29 is 4.79 Å². The monoisotopic (exact) mass is 251 g/mol. The first kappa shape index (κ1) is 14.0. The molecule has 3 unspecified atom stereocenters. The number of carbonyl (C=O) groups is 1. The number of ketones is 1. The highest BCUT2D eigenvalue weighted by molar-refractivity contribution is 5.81. The van der Waals surface area contributed by atoms with Gasteiger partial charge in [0.25, 0.3) is 0 Å². The molecule has 0 aromatic rings. The zero-order valence-electron chi connectivity index (χ0n) is 11.9. The molecule has 104 valence electrons. The lowest BCUT2D eigenvalue weighted by molar-refractivity contribution is -0.126. The maximum absolute atomic E-state index is 12.4. The van der Waals surface area contributed by atoms with E-state index in [9.17, 15) is 4.79 Å². The first-order valence-corrected chi connectivity index (χ1v) is 8.04. The Bertz CT molecular complexity index is 258. The van der Waals surface area contributed by atoms with E-state index in [1.165, 1.54) is 51.5 Å². The molecule has 2 fully saturated rings. The Labute approximate surface area is 112 Å². The summed E-state index contributed by atoms with van der Waals surface area (Å²) in [4.78, 5) is 12.4. The number of Topliss-reactive ketones (excluding diaryl/α,β-unsaturated/α-hetero) is 1. The van der Waals surface area contributed by atoms with Crippen LogP contribution in [0.15, 0.2) is 0 Å². The highest BCUT2D eigenvalue weighted by Gasteiger charge is 2.29. The third-order valence-corrected chi connectivity index (χ3v) is 5.04. The SMILES string of the molecule is CCC1CCCCC1C(=O)CCC1CCCNC1. The molecule has 1 saturated carbocycles. The third kappa shape index (κ3) is 3.81. The highest BCUT2D eigenvalue weighted by atomic mass is 16.1. The van der Waals surface area contributed by atoms with Gasteiger partial charge in [0.15, 0.2) is 0 Å². The molecule has 18 heavy (non-hydrogen) atoms. The maximum atomic E-state index is 12.4. The molecule has 0 aromatic carbocycles. The average molecular weight is 251 g/mol. The molecule has 1 aliphatic carbocycles. The Morgan fingerprint density at radius 1 is 1.17 bits per heavy atom. The molecule has 0 radical (unpaired) electrons. The van der Waals surface area contributed by atoms with Crippen LogP contribution in [0.25, 0.3) is 0 Å². The number of hydrogen-bond donors (Lipinski definition) is 1. The lowest BCUT2D eigenvalue weighted by atomic mass is 9.74. The van der Waals surface area contributed by atoms with Crippen molar-refractivity contribution in [3.05, 3.63) is 0 Å². The van der Waals surface area contributed by atoms with Gasteiger partial charge in [0.2, 0.25) is 0 Å². The van der Waals surface area contributed by atoms with Gasteiger partial charge in [-0.3, -0.25) is 4.79 Å². The molecule has 1 N–H and O–H groups in total. The summed E-state index contributed by atoms with van der Waals surface area (Å²) < 4.78 is 0. The number of piperidine rings is 1. The minimum atomic E-state index is 0.403. The third-order valence-electron chi connectivity index (χ3n) is 5.04. The fourth-order valence-electron chi connectivity index (χ4n) is 3.82. The van der Waals surface area contributed by atoms with Gasteiger partial charge in [0, 0.05) is 12.3 Å². The van der Waals surface area contributed by atoms with Crippen molar-refractivity contribution in [3.8, 4) is 0 Å². The van der Waals surface area contributed by atoms with Crippen molar-refractivity contribution in [3.63, 3.8) is 0 Å². The van der Waals surface area contributed by atoms with Gasteiger partial charge >= 0.3 is 0 Å². The molecule has 2 aliphatic rings. The van der Waals surface area contributed by atoms with Crippen LogP contribution in [0.4, 0.5) is 0 Å². The fraction of sp³-hybridized carbons (Fsp3) is 0.938. The van der Waals surface area contributed by atoms with E-state index >= 15 is 0 Å². The lowest BCUT2D eigenvalue weighted by Gasteiger charge is -2.30. The Kier molecular flexibility index (Phi) is 5.68. The Morgan fingerprint density at radius 3 is 2.72 bits per heavy atom. The van der Waals surface area contributed by atoms with Crippen molar-refractivity contribution >= 4 is 5.78 Å². The van der Waals surface area contributed by atoms with Crippen LogP contribution in [-0.4, -0.2) is 18.9 Å². The van der Waals surface area contributed by atoms with Crippen LogP contribution < -0.4 is 5.32 Å². The van der Waals surface area contributed by atoms with E-state index in [1.807, 2.05) is 0 Å². The minimum Gasteiger partial charge on any atom is -0.316 e. The Morgan fingerprint density at radius 2 is 2.00 bits per heavy atom. The molecular weight excluding hydrogens is 222 g/mol. The molecule has 1 saturated heterocycles. The van der Waals surface area contributed by atoms with Gasteiger partial charge in [-0.05, 0) is 57.0 Å². The second kappa shape index (κ2) is 7.28. The minimum absolute atomic E-state index is 0.403. The predicted molar refractivity (Wildman–Crippen MR) is 75.6 cm³/mol. The van der Waals surface area contributed by atoms with E-state index in [0.717, 1.165) is 25.3 Å². The Balaban J connectivity index is 1.75. The summed E-state index contributed by atoms with van der Waals surface area (Å²) in [5.41, 5.74) is 0. The standard InChI is InChI=1S/C16H29NO/c1-2-14-7-3-4-8-15(14)16(18)10-9-13-6-5-11-17-12-13/h13-15,17H,2-12H2,1H3. The number of nitrogens with one attached hydrogen (secondary N) is 1. The van der Waals surface area contributed by atoms with Gasteiger partial charge in [-0.25, -0.2) is 0 Å². The van der Waals surface area contributed by atoms with Crippen molar-refractivity contribution in [1.29, 1.82) is 0 Å². The summed E-state index contributed by atoms with van der Waals surface area (Å²) in [6, 6.07) is 0. The second-order valence-electron chi connectivity index (χ2n) is 6.28. The topological polar surface area (TPSA) is 29.1 Å². The zero-order valence-corrected chi connectivity index (χ0v) is 11.9. The number of rotatable bonds is 5. The molecule has 1 aliphatic heterocycles. The molecule has 2 rings (SSSR count). The van der Waals surface area contributed by atoms with Crippen LogP contribution in [0.1, 0.15) is 64.7 Å². The van der Waals surface area contributed by atoms with E-state index in [-0.39, 0.29) is 0 Å². The van der Waals surface area contributed by atoms with E-state index < -0.39 is 0 Å². The van der Waals surface area contributed by atoms with E-state index in [0.29, 0.717) is 17.6 Å². The summed E-state index contributed by atoms with van der Waals surface area (Å²) in [5.74, 6) is 2.43. The predicted octanol–water partition coefficient (Wildman–Crippen LogP) is 3.55. The molecule has 1 heterocycles. The van der Waals surface area contributed by atoms with Crippen molar-refractivity contribution in [2.45, 2.75) is 64.7 Å². The molecule has 3 atom stereocenters. The molecule has 0 spiro atoms. The molecule has 2 heteroatoms. The highest BCUT2D eigenvalue weighted by Crippen LogP contribution is 2.34. The van der Waals surface area contributed by atoms with E-state index in [1.54, 1.807) is 0 Å². The number of carbonyl (C=O) groups excluding carboxylic acids is 1. The summed E-state index contributed by atoms with van der Waals surface area (Å²) in [5, 5.41) is 3.45. The summed E-state index contributed by atoms with van der Waals surface area (Å²) in [6.45, 7) is 4.56. The normalized spacial score (nSPS) is 33.3. The van der Waals surface area contributed by atoms with Gasteiger partial charge in [-0.2, -0.15) is 0 Å². The molecule has 0 amide bonds. The van der Waals surface area contributed by atoms with E-state index in [2.05, 4.69) is 12.2 Å². The maximum Gasteiger partial charge on any atom is 0.136 e. The largest absolute Gasteiger partial charge is 0.316 e. The molecule has 0 aromatic heterocycles. The zero-order chi connectivity index (χ0) is 12.8. The van der Waals surface area contributed by atoms with E-state index in [4.69, 9.17) is 0 Å². The van der Waals surface area contributed by atoms with Crippen LogP contribution in [0.5, 0.6) is 0 Å². The van der Waals surface area contributed by atoms with Crippen LogP contribution in [0.2, 0.25) is 0 Å². The van der Waals surface area contributed by atoms with Gasteiger partial charge < -0.3 is 5.32 Å². The second-order valence-corrected chi connectivity index (χ2v) is 6.28. The first-order chi connectivity index (χ1) is 8.81. The number of hydrogen-bond acceptors (Lipinski definition) is 2. The van der Waals surface area contributed by atoms with Crippen LogP contribution in [-0.2, 0) is 4.79 Å². The first-order valence-electron chi connectivity index (χ1n) is 8.04. The smallest absolute Gasteiger partial charge is 0.136 e. The quantitative estimate of drug-likeness (QED) is 0.809. The fourth-order valence-corrected chi connectivity index (χ4v) is 3.82. The van der Waals surface area contributed by atoms with Gasteiger partial charge in [0.05, 0.1) is 0 Å². The van der Waals surface area contributed by atoms with Crippen LogP contribution in [0, 0.1) is 17.8 Å². The molecule has 2 nitrogen and oxygen atoms in total.